The predicted octanol–water partition coefficient (Wildman–Crippen LogP) is 8.51. The van der Waals surface area contributed by atoms with Crippen LogP contribution in [0.4, 0.5) is 0 Å². The first-order chi connectivity index (χ1) is 19.3. The molecule has 0 aliphatic carbocycles. The minimum atomic E-state index is -2.06. The molecule has 41 heavy (non-hydrogen) atoms. The van der Waals surface area contributed by atoms with Crippen LogP contribution in [-0.4, -0.2) is 63.1 Å². The number of aliphatic hydroxyl groups is 1. The summed E-state index contributed by atoms with van der Waals surface area (Å²) in [7, 11) is -0.615. The molecule has 0 unspecified atom stereocenters. The predicted molar refractivity (Wildman–Crippen MR) is 179 cm³/mol. The number of hydrogen-bond acceptors (Lipinski definition) is 6. The van der Waals surface area contributed by atoms with Crippen LogP contribution in [-0.2, 0) is 23.4 Å². The number of carbonyl (C=O) groups is 1. The summed E-state index contributed by atoms with van der Waals surface area (Å²) in [6, 6.07) is 0. The Balaban J connectivity index is 2.07. The third-order valence-electron chi connectivity index (χ3n) is 9.29. The Labute approximate surface area is 265 Å². The van der Waals surface area contributed by atoms with Gasteiger partial charge in [-0.15, -0.1) is 0 Å². The largest absolute Gasteiger partial charge is 0.469 e. The van der Waals surface area contributed by atoms with Crippen LogP contribution in [0, 0.1) is 11.8 Å². The van der Waals surface area contributed by atoms with Gasteiger partial charge in [0.05, 0.1) is 50.2 Å². The number of carbonyl (C=O) groups excluding carboxylic acids is 1. The standard InChI is InChI=1S/C33H59IO6Si/c1-22(2)41(23(3)4,24(5)6)40-31-19-29(39-30(20-31)21-33(36)37-9)18-28-12-10-11-27(38-28)17-25(7)13-14-26(8)32(35)15-16-34/h13-16,22-32,35H,10-12,17-21H2,1-9H3/b14-13+,16-15+/t25-,26-,27+,28-,29-,30-,31+,32-/m0/s1. The van der Waals surface area contributed by atoms with Crippen molar-refractivity contribution in [2.24, 2.45) is 11.8 Å². The number of rotatable bonds is 15. The Morgan fingerprint density at radius 3 is 2.07 bits per heavy atom. The average molecular weight is 707 g/mol. The van der Waals surface area contributed by atoms with Gasteiger partial charge in [0, 0.05) is 5.92 Å². The van der Waals surface area contributed by atoms with Gasteiger partial charge in [-0.1, -0.05) is 90.1 Å². The van der Waals surface area contributed by atoms with E-state index in [1.165, 1.54) is 7.11 Å². The number of methoxy groups -OCH3 is 1. The van der Waals surface area contributed by atoms with E-state index in [2.05, 4.69) is 83.2 Å². The lowest BCUT2D eigenvalue weighted by molar-refractivity contribution is -0.154. The Kier molecular flexibility index (Phi) is 16.1. The zero-order valence-corrected chi connectivity index (χ0v) is 30.3. The molecule has 2 saturated heterocycles. The van der Waals surface area contributed by atoms with Gasteiger partial charge in [0.15, 0.2) is 0 Å². The van der Waals surface area contributed by atoms with E-state index in [9.17, 15) is 9.90 Å². The Morgan fingerprint density at radius 1 is 0.902 bits per heavy atom. The molecule has 8 atom stereocenters. The van der Waals surface area contributed by atoms with E-state index in [4.69, 9.17) is 18.6 Å². The molecule has 0 saturated carbocycles. The molecule has 2 aliphatic heterocycles. The van der Waals surface area contributed by atoms with Crippen molar-refractivity contribution in [2.45, 2.75) is 160 Å². The van der Waals surface area contributed by atoms with E-state index in [0.29, 0.717) is 22.5 Å². The van der Waals surface area contributed by atoms with Crippen molar-refractivity contribution in [3.63, 3.8) is 0 Å². The SMILES string of the molecule is COC(=O)C[C@@H]1C[C@H](O[Si](C(C)C)(C(C)C)C(C)C)C[C@H](C[C@@H]2CCC[C@H](C[C@@H](C)/C=C/[C@H](C)[C@@H](O)/C=C/I)O2)O1. The van der Waals surface area contributed by atoms with Gasteiger partial charge >= 0.3 is 5.97 Å². The molecule has 0 aromatic rings. The third-order valence-corrected chi connectivity index (χ3v) is 15.9. The summed E-state index contributed by atoms with van der Waals surface area (Å²) in [4.78, 5) is 12.2. The van der Waals surface area contributed by atoms with Gasteiger partial charge in [0.2, 0.25) is 8.32 Å². The number of hydrogen-bond donors (Lipinski definition) is 1. The Morgan fingerprint density at radius 2 is 1.49 bits per heavy atom. The lowest BCUT2D eigenvalue weighted by atomic mass is 9.91. The van der Waals surface area contributed by atoms with Crippen molar-refractivity contribution >= 4 is 36.9 Å². The van der Waals surface area contributed by atoms with E-state index in [-0.39, 0.29) is 48.8 Å². The van der Waals surface area contributed by atoms with Crippen LogP contribution in [0.5, 0.6) is 0 Å². The summed E-state index contributed by atoms with van der Waals surface area (Å²) < 4.78 is 27.3. The molecule has 0 bridgehead atoms. The summed E-state index contributed by atoms with van der Waals surface area (Å²) in [6.45, 7) is 18.2. The number of allylic oxidation sites excluding steroid dienone is 1. The summed E-state index contributed by atoms with van der Waals surface area (Å²) in [5.74, 6) is 0.243. The fourth-order valence-electron chi connectivity index (χ4n) is 7.25. The Hall–Kier alpha value is -0.263. The first-order valence-electron chi connectivity index (χ1n) is 16.0. The molecular formula is C33H59IO6Si. The van der Waals surface area contributed by atoms with Crippen molar-refractivity contribution in [2.75, 3.05) is 7.11 Å². The molecule has 0 aromatic heterocycles. The van der Waals surface area contributed by atoms with Gasteiger partial charge in [-0.25, -0.2) is 0 Å². The topological polar surface area (TPSA) is 74.2 Å². The minimum absolute atomic E-state index is 0.0101. The molecule has 238 valence electrons. The molecule has 1 N–H and O–H groups in total. The highest BCUT2D eigenvalue weighted by molar-refractivity contribution is 14.1. The van der Waals surface area contributed by atoms with Crippen LogP contribution >= 0.6 is 22.6 Å². The maximum Gasteiger partial charge on any atom is 0.308 e. The molecule has 0 amide bonds. The normalized spacial score (nSPS) is 28.6. The second kappa shape index (κ2) is 17.9. The van der Waals surface area contributed by atoms with E-state index in [1.54, 1.807) is 0 Å². The van der Waals surface area contributed by atoms with Crippen LogP contribution in [0.1, 0.15) is 107 Å². The van der Waals surface area contributed by atoms with E-state index in [1.807, 2.05) is 17.1 Å². The van der Waals surface area contributed by atoms with Gasteiger partial charge < -0.3 is 23.7 Å². The van der Waals surface area contributed by atoms with Crippen LogP contribution in [0.15, 0.2) is 22.3 Å². The van der Waals surface area contributed by atoms with Crippen molar-refractivity contribution in [3.05, 3.63) is 22.3 Å². The van der Waals surface area contributed by atoms with Crippen LogP contribution < -0.4 is 0 Å². The zero-order chi connectivity index (χ0) is 30.7. The van der Waals surface area contributed by atoms with Gasteiger partial charge in [0.25, 0.3) is 0 Å². The highest BCUT2D eigenvalue weighted by atomic mass is 127. The van der Waals surface area contributed by atoms with Crippen molar-refractivity contribution in [3.8, 4) is 0 Å². The molecule has 0 aromatic carbocycles. The molecule has 8 heteroatoms. The smallest absolute Gasteiger partial charge is 0.308 e. The van der Waals surface area contributed by atoms with Crippen molar-refractivity contribution < 1.29 is 28.5 Å². The molecule has 2 rings (SSSR count). The zero-order valence-electron chi connectivity index (χ0n) is 27.2. The molecule has 6 nitrogen and oxygen atoms in total. The Bertz CT molecular complexity index is 809. The van der Waals surface area contributed by atoms with Crippen LogP contribution in [0.3, 0.4) is 0 Å². The lowest BCUT2D eigenvalue weighted by Crippen LogP contribution is -2.52. The number of ether oxygens (including phenoxy) is 3. The fraction of sp³-hybridized carbons (Fsp3) is 0.848. The minimum Gasteiger partial charge on any atom is -0.469 e. The van der Waals surface area contributed by atoms with E-state index < -0.39 is 14.4 Å². The van der Waals surface area contributed by atoms with Crippen molar-refractivity contribution in [1.29, 1.82) is 0 Å². The lowest BCUT2D eigenvalue weighted by Gasteiger charge is -2.47. The maximum atomic E-state index is 12.2. The fourth-order valence-corrected chi connectivity index (χ4v) is 13.3. The molecule has 0 radical (unpaired) electrons. The highest BCUT2D eigenvalue weighted by Crippen LogP contribution is 2.45. The van der Waals surface area contributed by atoms with Gasteiger partial charge in [-0.3, -0.25) is 4.79 Å². The van der Waals surface area contributed by atoms with E-state index in [0.717, 1.165) is 44.9 Å². The molecule has 2 heterocycles. The van der Waals surface area contributed by atoms with Gasteiger partial charge in [-0.2, -0.15) is 0 Å². The summed E-state index contributed by atoms with van der Waals surface area (Å²) in [5.41, 5.74) is 1.53. The second-order valence-corrected chi connectivity index (χ2v) is 19.6. The monoisotopic (exact) mass is 706 g/mol. The average Bonchev–Trinajstić information content (AvgIpc) is 2.89. The molecular weight excluding hydrogens is 647 g/mol. The second-order valence-electron chi connectivity index (χ2n) is 13.5. The number of aliphatic hydroxyl groups excluding tert-OH is 1. The van der Waals surface area contributed by atoms with Gasteiger partial charge in [-0.05, 0) is 77.6 Å². The van der Waals surface area contributed by atoms with Crippen LogP contribution in [0.2, 0.25) is 16.6 Å². The summed E-state index contributed by atoms with van der Waals surface area (Å²) >= 11 is 2.14. The molecule has 2 aliphatic rings. The maximum absolute atomic E-state index is 12.2. The third kappa shape index (κ3) is 11.3. The molecule has 2 fully saturated rings. The van der Waals surface area contributed by atoms with Crippen LogP contribution in [0.25, 0.3) is 0 Å². The number of halogens is 1. The first kappa shape index (κ1) is 36.9. The van der Waals surface area contributed by atoms with E-state index >= 15 is 0 Å². The summed E-state index contributed by atoms with van der Waals surface area (Å²) in [6.07, 6.45) is 13.0. The highest BCUT2D eigenvalue weighted by Gasteiger charge is 2.48. The van der Waals surface area contributed by atoms with Gasteiger partial charge in [0.1, 0.15) is 0 Å². The quantitative estimate of drug-likeness (QED) is 0.0797. The van der Waals surface area contributed by atoms with Crippen molar-refractivity contribution in [1.82, 2.24) is 0 Å². The summed E-state index contributed by atoms with van der Waals surface area (Å²) in [5, 5.41) is 10.2. The first-order valence-corrected chi connectivity index (χ1v) is 19.4. The number of esters is 1. The molecule has 0 spiro atoms.